The molecule has 350 valence electrons. The molecule has 0 aromatic carbocycles. The number of unbranched alkanes of at least 4 members (excludes halogenated alkanes) is 16. The van der Waals surface area contributed by atoms with Crippen molar-refractivity contribution in [2.24, 2.45) is 5.92 Å². The summed E-state index contributed by atoms with van der Waals surface area (Å²) in [5, 5.41) is 38.5. The van der Waals surface area contributed by atoms with Gasteiger partial charge < -0.3 is 34.8 Å². The van der Waals surface area contributed by atoms with Crippen LogP contribution in [0.3, 0.4) is 0 Å². The van der Waals surface area contributed by atoms with Crippen molar-refractivity contribution >= 4 is 19.8 Å². The highest BCUT2D eigenvalue weighted by Crippen LogP contribution is 2.43. The molecule has 0 aliphatic rings. The van der Waals surface area contributed by atoms with E-state index in [0.717, 1.165) is 50.9 Å². The second-order valence-electron chi connectivity index (χ2n) is 16.3. The van der Waals surface area contributed by atoms with E-state index in [1.165, 1.54) is 77.0 Å². The molecule has 0 heterocycles. The molecule has 0 aromatic heterocycles. The SMILES string of the molecule is CCCCC[C@@H](O)/C=C/C=C\C/C=C\C=C\[C@@H](O)CCCC(=O)O[C@H](COC(=O)CCCCCCCCCCCCCCCCCC(C)C)COP(=O)(O)OC[C@@H](O)CO. The Morgan fingerprint density at radius 2 is 1.05 bits per heavy atom. The zero-order valence-corrected chi connectivity index (χ0v) is 38.4. The molecule has 0 saturated heterocycles. The maximum Gasteiger partial charge on any atom is 0.472 e. The number of phosphoric ester groups is 1. The quantitative estimate of drug-likeness (QED) is 0.0169. The van der Waals surface area contributed by atoms with Gasteiger partial charge in [0, 0.05) is 12.8 Å². The van der Waals surface area contributed by atoms with Crippen molar-refractivity contribution in [3.63, 3.8) is 0 Å². The number of rotatable bonds is 42. The Balaban J connectivity index is 4.47. The second-order valence-corrected chi connectivity index (χ2v) is 17.8. The number of phosphoric acid groups is 1. The summed E-state index contributed by atoms with van der Waals surface area (Å²) in [6, 6.07) is 0. The van der Waals surface area contributed by atoms with E-state index in [-0.39, 0.29) is 19.3 Å². The molecule has 0 rings (SSSR count). The van der Waals surface area contributed by atoms with Crippen LogP contribution >= 0.6 is 7.82 Å². The van der Waals surface area contributed by atoms with Crippen molar-refractivity contribution in [2.45, 2.75) is 206 Å². The maximum absolute atomic E-state index is 12.6. The van der Waals surface area contributed by atoms with Gasteiger partial charge in [0.25, 0.3) is 0 Å². The Bertz CT molecular complexity index is 1190. The van der Waals surface area contributed by atoms with Crippen LogP contribution in [0.15, 0.2) is 48.6 Å². The Morgan fingerprint density at radius 1 is 0.583 bits per heavy atom. The minimum Gasteiger partial charge on any atom is -0.462 e. The number of hydrogen-bond donors (Lipinski definition) is 5. The molecule has 60 heavy (non-hydrogen) atoms. The van der Waals surface area contributed by atoms with Crippen molar-refractivity contribution < 1.29 is 58.0 Å². The van der Waals surface area contributed by atoms with Gasteiger partial charge in [0.2, 0.25) is 0 Å². The molecule has 0 saturated carbocycles. The lowest BCUT2D eigenvalue weighted by Crippen LogP contribution is -2.30. The van der Waals surface area contributed by atoms with Gasteiger partial charge in [-0.15, -0.1) is 0 Å². The summed E-state index contributed by atoms with van der Waals surface area (Å²) in [4.78, 5) is 35.1. The fourth-order valence-corrected chi connectivity index (χ4v) is 7.01. The Kier molecular flexibility index (Phi) is 39.4. The molecule has 0 amide bonds. The molecular formula is C47H85O12P. The normalized spacial score (nSPS) is 15.3. The third-order valence-electron chi connectivity index (χ3n) is 9.87. The van der Waals surface area contributed by atoms with Crippen molar-refractivity contribution in [2.75, 3.05) is 26.4 Å². The predicted octanol–water partition coefficient (Wildman–Crippen LogP) is 10.3. The van der Waals surface area contributed by atoms with E-state index in [4.69, 9.17) is 19.1 Å². The number of esters is 2. The van der Waals surface area contributed by atoms with Crippen LogP contribution in [0, 0.1) is 5.92 Å². The molecule has 12 nitrogen and oxygen atoms in total. The summed E-state index contributed by atoms with van der Waals surface area (Å²) in [6.07, 6.45) is 35.8. The van der Waals surface area contributed by atoms with Crippen molar-refractivity contribution in [3.05, 3.63) is 48.6 Å². The largest absolute Gasteiger partial charge is 0.472 e. The van der Waals surface area contributed by atoms with Gasteiger partial charge in [-0.05, 0) is 38.0 Å². The third kappa shape index (κ3) is 41.2. The summed E-state index contributed by atoms with van der Waals surface area (Å²) in [6.45, 7) is 4.36. The summed E-state index contributed by atoms with van der Waals surface area (Å²) in [5.41, 5.74) is 0. The Morgan fingerprint density at radius 3 is 1.57 bits per heavy atom. The highest BCUT2D eigenvalue weighted by molar-refractivity contribution is 7.47. The first kappa shape index (κ1) is 57.9. The standard InChI is InChI=1S/C47H85O12P/c1-4-5-24-31-42(49)32-26-21-17-15-18-22-27-33-43(50)34-29-36-47(53)59-45(40-58-60(54,55)57-38-44(51)37-48)39-56-46(52)35-28-23-19-14-12-10-8-6-7-9-11-13-16-20-25-30-41(2)3/h17-18,21-22,26-27,32-33,41-45,48-51H,4-16,19-20,23-25,28-31,34-40H2,1-3H3,(H,54,55)/b21-17-,22-18-,32-26+,33-27+/t42-,43-,44+,45-/m1/s1. The van der Waals surface area contributed by atoms with Crippen LogP contribution in [0.5, 0.6) is 0 Å². The lowest BCUT2D eigenvalue weighted by atomic mass is 10.0. The summed E-state index contributed by atoms with van der Waals surface area (Å²) >= 11 is 0. The molecule has 0 radical (unpaired) electrons. The number of aliphatic hydroxyl groups is 4. The van der Waals surface area contributed by atoms with E-state index >= 15 is 0 Å². The van der Waals surface area contributed by atoms with Crippen molar-refractivity contribution in [1.82, 2.24) is 0 Å². The minimum absolute atomic E-state index is 0.0639. The van der Waals surface area contributed by atoms with E-state index < -0.39 is 70.6 Å². The zero-order chi connectivity index (χ0) is 44.5. The fraction of sp³-hybridized carbons (Fsp3) is 0.787. The van der Waals surface area contributed by atoms with E-state index in [9.17, 15) is 34.4 Å². The number of carbonyl (C=O) groups excluding carboxylic acids is 2. The Labute approximate surface area is 363 Å². The average Bonchev–Trinajstić information content (AvgIpc) is 3.21. The first-order valence-corrected chi connectivity index (χ1v) is 24.7. The van der Waals surface area contributed by atoms with Crippen LogP contribution < -0.4 is 0 Å². The smallest absolute Gasteiger partial charge is 0.462 e. The van der Waals surface area contributed by atoms with Crippen molar-refractivity contribution in [1.29, 1.82) is 0 Å². The zero-order valence-electron chi connectivity index (χ0n) is 37.6. The van der Waals surface area contributed by atoms with Gasteiger partial charge in [-0.2, -0.15) is 0 Å². The summed E-state index contributed by atoms with van der Waals surface area (Å²) < 4.78 is 32.6. The third-order valence-corrected chi connectivity index (χ3v) is 10.8. The second kappa shape index (κ2) is 40.9. The predicted molar refractivity (Wildman–Crippen MR) is 240 cm³/mol. The fourth-order valence-electron chi connectivity index (χ4n) is 6.22. The molecule has 13 heteroatoms. The monoisotopic (exact) mass is 873 g/mol. The number of carbonyl (C=O) groups is 2. The average molecular weight is 873 g/mol. The lowest BCUT2D eigenvalue weighted by Gasteiger charge is -2.20. The van der Waals surface area contributed by atoms with Crippen LogP contribution in [0.2, 0.25) is 0 Å². The van der Waals surface area contributed by atoms with Crippen LogP contribution in [-0.2, 0) is 32.7 Å². The van der Waals surface area contributed by atoms with Crippen LogP contribution in [-0.4, -0.2) is 88.1 Å². The van der Waals surface area contributed by atoms with Gasteiger partial charge in [-0.1, -0.05) is 185 Å². The van der Waals surface area contributed by atoms with Gasteiger partial charge in [0.1, 0.15) is 12.7 Å². The van der Waals surface area contributed by atoms with E-state index in [1.54, 1.807) is 18.2 Å². The minimum atomic E-state index is -4.69. The number of allylic oxidation sites excluding steroid dienone is 6. The van der Waals surface area contributed by atoms with Crippen LogP contribution in [0.25, 0.3) is 0 Å². The molecule has 5 N–H and O–H groups in total. The number of aliphatic hydroxyl groups excluding tert-OH is 4. The molecule has 5 atom stereocenters. The lowest BCUT2D eigenvalue weighted by molar-refractivity contribution is -0.161. The first-order valence-electron chi connectivity index (χ1n) is 23.2. The topological polar surface area (TPSA) is 189 Å². The van der Waals surface area contributed by atoms with Gasteiger partial charge >= 0.3 is 19.8 Å². The van der Waals surface area contributed by atoms with Crippen molar-refractivity contribution in [3.8, 4) is 0 Å². The Hall–Kier alpha value is -2.15. The number of ether oxygens (including phenoxy) is 2. The van der Waals surface area contributed by atoms with Gasteiger partial charge in [-0.25, -0.2) is 4.57 Å². The van der Waals surface area contributed by atoms with E-state index in [1.807, 2.05) is 30.4 Å². The van der Waals surface area contributed by atoms with Crippen LogP contribution in [0.1, 0.15) is 181 Å². The molecule has 1 unspecified atom stereocenters. The highest BCUT2D eigenvalue weighted by atomic mass is 31.2. The maximum atomic E-state index is 12.6. The van der Waals surface area contributed by atoms with Crippen LogP contribution in [0.4, 0.5) is 0 Å². The molecule has 0 spiro atoms. The van der Waals surface area contributed by atoms with Gasteiger partial charge in [-0.3, -0.25) is 18.6 Å². The summed E-state index contributed by atoms with van der Waals surface area (Å²) in [7, 11) is -4.69. The molecule has 0 bridgehead atoms. The molecule has 0 aromatic rings. The first-order chi connectivity index (χ1) is 28.9. The molecule has 0 aliphatic carbocycles. The number of hydrogen-bond acceptors (Lipinski definition) is 11. The van der Waals surface area contributed by atoms with E-state index in [2.05, 4.69) is 25.3 Å². The van der Waals surface area contributed by atoms with Gasteiger partial charge in [0.15, 0.2) is 6.10 Å². The molecular weight excluding hydrogens is 787 g/mol. The highest BCUT2D eigenvalue weighted by Gasteiger charge is 2.27. The molecule has 0 fully saturated rings. The van der Waals surface area contributed by atoms with E-state index in [0.29, 0.717) is 19.3 Å². The molecule has 0 aliphatic heterocycles. The summed E-state index contributed by atoms with van der Waals surface area (Å²) in [5.74, 6) is -0.331. The van der Waals surface area contributed by atoms with Gasteiger partial charge in [0.05, 0.1) is 32.0 Å².